The number of aromatic nitrogens is 1. The van der Waals surface area contributed by atoms with Crippen molar-refractivity contribution in [1.82, 2.24) is 4.98 Å². The standard InChI is InChI=1S/C15H16N2OS/c1-3-13-14(8-9-16)19-15(17-13)11-6-5-7-12(10-11)18-4-2/h5-7,10H,3-4,8H2,1-2H3. The van der Waals surface area contributed by atoms with Crippen molar-refractivity contribution in [2.24, 2.45) is 0 Å². The topological polar surface area (TPSA) is 45.9 Å². The van der Waals surface area contributed by atoms with E-state index in [2.05, 4.69) is 18.0 Å². The average molecular weight is 272 g/mol. The van der Waals surface area contributed by atoms with Crippen LogP contribution in [0.4, 0.5) is 0 Å². The van der Waals surface area contributed by atoms with Gasteiger partial charge in [-0.15, -0.1) is 11.3 Å². The Balaban J connectivity index is 2.36. The van der Waals surface area contributed by atoms with Gasteiger partial charge in [0, 0.05) is 10.4 Å². The minimum atomic E-state index is 0.436. The maximum Gasteiger partial charge on any atom is 0.124 e. The molecule has 0 fully saturated rings. The molecule has 0 atom stereocenters. The van der Waals surface area contributed by atoms with Crippen LogP contribution in [0.25, 0.3) is 10.6 Å². The van der Waals surface area contributed by atoms with E-state index in [1.807, 2.05) is 31.2 Å². The summed E-state index contributed by atoms with van der Waals surface area (Å²) in [5, 5.41) is 9.80. The molecule has 98 valence electrons. The van der Waals surface area contributed by atoms with E-state index in [9.17, 15) is 0 Å². The Morgan fingerprint density at radius 3 is 2.89 bits per heavy atom. The summed E-state index contributed by atoms with van der Waals surface area (Å²) in [6.07, 6.45) is 1.30. The molecule has 0 bridgehead atoms. The van der Waals surface area contributed by atoms with Gasteiger partial charge in [0.05, 0.1) is 24.8 Å². The number of aryl methyl sites for hydroxylation is 1. The van der Waals surface area contributed by atoms with Crippen LogP contribution in [0.15, 0.2) is 24.3 Å². The number of nitriles is 1. The zero-order chi connectivity index (χ0) is 13.7. The Hall–Kier alpha value is -1.86. The molecule has 0 radical (unpaired) electrons. The first-order valence-corrected chi connectivity index (χ1v) is 7.18. The smallest absolute Gasteiger partial charge is 0.124 e. The van der Waals surface area contributed by atoms with Gasteiger partial charge in [-0.2, -0.15) is 5.26 Å². The van der Waals surface area contributed by atoms with Gasteiger partial charge in [0.2, 0.25) is 0 Å². The SMILES string of the molecule is CCOc1cccc(-c2nc(CC)c(CC#N)s2)c1. The Morgan fingerprint density at radius 1 is 1.37 bits per heavy atom. The minimum absolute atomic E-state index is 0.436. The van der Waals surface area contributed by atoms with Gasteiger partial charge in [-0.3, -0.25) is 0 Å². The van der Waals surface area contributed by atoms with Gasteiger partial charge in [0.25, 0.3) is 0 Å². The molecular formula is C15H16N2OS. The molecule has 2 aromatic rings. The lowest BCUT2D eigenvalue weighted by molar-refractivity contribution is 0.340. The van der Waals surface area contributed by atoms with Crippen molar-refractivity contribution < 1.29 is 4.74 Å². The lowest BCUT2D eigenvalue weighted by Gasteiger charge is -2.03. The van der Waals surface area contributed by atoms with Crippen LogP contribution in [-0.4, -0.2) is 11.6 Å². The van der Waals surface area contributed by atoms with Gasteiger partial charge in [0.1, 0.15) is 10.8 Å². The van der Waals surface area contributed by atoms with Gasteiger partial charge in [-0.25, -0.2) is 4.98 Å². The summed E-state index contributed by atoms with van der Waals surface area (Å²) in [4.78, 5) is 5.70. The summed E-state index contributed by atoms with van der Waals surface area (Å²) in [6, 6.07) is 10.1. The maximum absolute atomic E-state index is 8.84. The highest BCUT2D eigenvalue weighted by atomic mass is 32.1. The van der Waals surface area contributed by atoms with E-state index in [0.29, 0.717) is 13.0 Å². The van der Waals surface area contributed by atoms with Crippen LogP contribution in [0.3, 0.4) is 0 Å². The highest BCUT2D eigenvalue weighted by Crippen LogP contribution is 2.30. The second kappa shape index (κ2) is 6.35. The number of ether oxygens (including phenoxy) is 1. The fourth-order valence-corrected chi connectivity index (χ4v) is 2.96. The molecule has 0 unspecified atom stereocenters. The van der Waals surface area contributed by atoms with E-state index < -0.39 is 0 Å². The van der Waals surface area contributed by atoms with Crippen LogP contribution >= 0.6 is 11.3 Å². The molecular weight excluding hydrogens is 256 g/mol. The van der Waals surface area contributed by atoms with Gasteiger partial charge in [-0.05, 0) is 25.5 Å². The van der Waals surface area contributed by atoms with Crippen molar-refractivity contribution in [3.05, 3.63) is 34.8 Å². The summed E-state index contributed by atoms with van der Waals surface area (Å²) in [5.74, 6) is 0.857. The van der Waals surface area contributed by atoms with Crippen LogP contribution in [0.5, 0.6) is 5.75 Å². The molecule has 1 heterocycles. The number of hydrogen-bond acceptors (Lipinski definition) is 4. The predicted octanol–water partition coefficient (Wildman–Crippen LogP) is 3.84. The van der Waals surface area contributed by atoms with E-state index in [-0.39, 0.29) is 0 Å². The summed E-state index contributed by atoms with van der Waals surface area (Å²) in [7, 11) is 0. The molecule has 19 heavy (non-hydrogen) atoms. The normalized spacial score (nSPS) is 10.2. The third-order valence-electron chi connectivity index (χ3n) is 2.74. The highest BCUT2D eigenvalue weighted by Gasteiger charge is 2.11. The largest absolute Gasteiger partial charge is 0.494 e. The molecule has 0 aliphatic heterocycles. The molecule has 4 heteroatoms. The van der Waals surface area contributed by atoms with Gasteiger partial charge in [0.15, 0.2) is 0 Å². The molecule has 2 rings (SSSR count). The molecule has 0 spiro atoms. The highest BCUT2D eigenvalue weighted by molar-refractivity contribution is 7.15. The van der Waals surface area contributed by atoms with Crippen molar-refractivity contribution >= 4 is 11.3 Å². The Kier molecular flexibility index (Phi) is 4.53. The zero-order valence-corrected chi connectivity index (χ0v) is 12.0. The van der Waals surface area contributed by atoms with Crippen molar-refractivity contribution in [1.29, 1.82) is 5.26 Å². The van der Waals surface area contributed by atoms with Gasteiger partial charge in [-0.1, -0.05) is 19.1 Å². The second-order valence-corrected chi connectivity index (χ2v) is 5.12. The second-order valence-electron chi connectivity index (χ2n) is 4.04. The molecule has 0 saturated heterocycles. The summed E-state index contributed by atoms with van der Waals surface area (Å²) in [5.41, 5.74) is 2.08. The summed E-state index contributed by atoms with van der Waals surface area (Å²) >= 11 is 1.60. The molecule has 1 aromatic carbocycles. The van der Waals surface area contributed by atoms with E-state index in [1.54, 1.807) is 11.3 Å². The molecule has 0 aliphatic rings. The Morgan fingerprint density at radius 2 is 2.21 bits per heavy atom. The number of benzene rings is 1. The first kappa shape index (κ1) is 13.6. The maximum atomic E-state index is 8.84. The molecule has 0 saturated carbocycles. The molecule has 1 aromatic heterocycles. The van der Waals surface area contributed by atoms with E-state index in [1.165, 1.54) is 0 Å². The number of rotatable bonds is 5. The fraction of sp³-hybridized carbons (Fsp3) is 0.333. The third-order valence-corrected chi connectivity index (χ3v) is 3.89. The quantitative estimate of drug-likeness (QED) is 0.830. The zero-order valence-electron chi connectivity index (χ0n) is 11.1. The van der Waals surface area contributed by atoms with Crippen LogP contribution in [0.2, 0.25) is 0 Å². The number of nitrogens with zero attached hydrogens (tertiary/aromatic N) is 2. The lowest BCUT2D eigenvalue weighted by Crippen LogP contribution is -1.91. The molecule has 0 amide bonds. The monoisotopic (exact) mass is 272 g/mol. The molecule has 3 nitrogen and oxygen atoms in total. The van der Waals surface area contributed by atoms with Crippen LogP contribution in [-0.2, 0) is 12.8 Å². The molecule has 0 aliphatic carbocycles. The molecule has 0 N–H and O–H groups in total. The van der Waals surface area contributed by atoms with Crippen LogP contribution in [0, 0.1) is 11.3 Å². The van der Waals surface area contributed by atoms with E-state index in [0.717, 1.165) is 33.3 Å². The fourth-order valence-electron chi connectivity index (χ4n) is 1.88. The predicted molar refractivity (Wildman–Crippen MR) is 77.4 cm³/mol. The van der Waals surface area contributed by atoms with Gasteiger partial charge >= 0.3 is 0 Å². The van der Waals surface area contributed by atoms with Crippen LogP contribution < -0.4 is 4.74 Å². The number of thiazole rings is 1. The Labute approximate surface area is 117 Å². The minimum Gasteiger partial charge on any atom is -0.494 e. The lowest BCUT2D eigenvalue weighted by atomic mass is 10.2. The summed E-state index contributed by atoms with van der Waals surface area (Å²) < 4.78 is 5.50. The third kappa shape index (κ3) is 3.12. The van der Waals surface area contributed by atoms with E-state index in [4.69, 9.17) is 10.00 Å². The van der Waals surface area contributed by atoms with E-state index >= 15 is 0 Å². The van der Waals surface area contributed by atoms with Crippen molar-refractivity contribution in [2.45, 2.75) is 26.7 Å². The van der Waals surface area contributed by atoms with Crippen molar-refractivity contribution in [3.63, 3.8) is 0 Å². The average Bonchev–Trinajstić information content (AvgIpc) is 2.83. The first-order valence-electron chi connectivity index (χ1n) is 6.37. The van der Waals surface area contributed by atoms with Crippen molar-refractivity contribution in [3.8, 4) is 22.4 Å². The van der Waals surface area contributed by atoms with Crippen molar-refractivity contribution in [2.75, 3.05) is 6.61 Å². The van der Waals surface area contributed by atoms with Crippen LogP contribution in [0.1, 0.15) is 24.4 Å². The van der Waals surface area contributed by atoms with Gasteiger partial charge < -0.3 is 4.74 Å². The Bertz CT molecular complexity index is 598. The summed E-state index contributed by atoms with van der Waals surface area (Å²) in [6.45, 7) is 4.69. The first-order chi connectivity index (χ1) is 9.28. The number of hydrogen-bond donors (Lipinski definition) is 0.